The molecule has 1 aromatic carbocycles. The van der Waals surface area contributed by atoms with Crippen LogP contribution in [0.1, 0.15) is 0 Å². The van der Waals surface area contributed by atoms with Crippen molar-refractivity contribution in [2.45, 2.75) is 0 Å². The van der Waals surface area contributed by atoms with Gasteiger partial charge in [0.05, 0.1) is 0 Å². The van der Waals surface area contributed by atoms with Gasteiger partial charge in [-0.25, -0.2) is 4.98 Å². The number of aromatic nitrogens is 1. The molecule has 0 saturated carbocycles. The average molecular weight is 327 g/mol. The molecule has 0 fully saturated rings. The van der Waals surface area contributed by atoms with E-state index in [0.717, 1.165) is 11.5 Å². The molecule has 0 unspecified atom stereocenters. The quantitative estimate of drug-likeness (QED) is 0.635. The van der Waals surface area contributed by atoms with Crippen molar-refractivity contribution in [1.82, 2.24) is 4.98 Å². The van der Waals surface area contributed by atoms with Crippen LogP contribution < -0.4 is 9.47 Å². The van der Waals surface area contributed by atoms with Crippen LogP contribution in [-0.4, -0.2) is 9.60 Å². The molecular weight excluding hydrogens is 317 g/mol. The molecule has 0 N–H and O–H groups in total. The molecule has 0 spiro atoms. The first kappa shape index (κ1) is 11.2. The highest BCUT2D eigenvalue weighted by Crippen LogP contribution is 2.22. The third-order valence-electron chi connectivity index (χ3n) is 1.91. The first-order chi connectivity index (χ1) is 7.88. The molecule has 1 aromatic heterocycles. The van der Waals surface area contributed by atoms with Crippen molar-refractivity contribution in [3.8, 4) is 17.4 Å². The molecule has 82 valence electrons. The maximum Gasteiger partial charge on any atom is 0.219 e. The van der Waals surface area contributed by atoms with Gasteiger partial charge in [0.15, 0.2) is 0 Å². The Hall–Kier alpha value is -1.30. The van der Waals surface area contributed by atoms with Gasteiger partial charge >= 0.3 is 0 Å². The molecule has 0 radical (unpaired) electrons. The van der Waals surface area contributed by atoms with E-state index < -0.39 is 0 Å². The maximum absolute atomic E-state index is 5.54. The highest BCUT2D eigenvalue weighted by Gasteiger charge is 1.98. The number of hydrogen-bond donors (Lipinski definition) is 0. The number of alkyl halides is 1. The topological polar surface area (TPSA) is 31.4 Å². The van der Waals surface area contributed by atoms with Crippen LogP contribution >= 0.6 is 22.6 Å². The van der Waals surface area contributed by atoms with Gasteiger partial charge < -0.3 is 9.47 Å². The minimum atomic E-state index is 0.588. The van der Waals surface area contributed by atoms with Crippen molar-refractivity contribution in [2.75, 3.05) is 4.61 Å². The fourth-order valence-electron chi connectivity index (χ4n) is 1.20. The van der Waals surface area contributed by atoms with Crippen molar-refractivity contribution < 1.29 is 9.47 Å². The zero-order chi connectivity index (χ0) is 11.2. The lowest BCUT2D eigenvalue weighted by atomic mass is 10.3. The van der Waals surface area contributed by atoms with Gasteiger partial charge in [0.2, 0.25) is 5.88 Å². The molecule has 0 aliphatic rings. The van der Waals surface area contributed by atoms with Gasteiger partial charge in [-0.05, 0) is 52.9 Å². The summed E-state index contributed by atoms with van der Waals surface area (Å²) in [5, 5.41) is 0. The van der Waals surface area contributed by atoms with Crippen LogP contribution in [0, 0.1) is 0 Å². The lowest BCUT2D eigenvalue weighted by molar-refractivity contribution is 0.402. The third kappa shape index (κ3) is 3.10. The summed E-state index contributed by atoms with van der Waals surface area (Å²) in [4.78, 5) is 4.08. The number of halogens is 1. The van der Waals surface area contributed by atoms with E-state index >= 15 is 0 Å². The first-order valence-electron chi connectivity index (χ1n) is 4.76. The number of ether oxygens (including phenoxy) is 2. The Balaban J connectivity index is 2.05. The Kier molecular flexibility index (Phi) is 3.98. The molecule has 0 bridgehead atoms. The smallest absolute Gasteiger partial charge is 0.219 e. The number of benzene rings is 1. The second-order valence-electron chi connectivity index (χ2n) is 2.99. The lowest BCUT2D eigenvalue weighted by Crippen LogP contribution is -1.89. The summed E-state index contributed by atoms with van der Waals surface area (Å²) in [7, 11) is 0. The summed E-state index contributed by atoms with van der Waals surface area (Å²) in [6.07, 6.45) is 1.70. The monoisotopic (exact) mass is 327 g/mol. The van der Waals surface area contributed by atoms with Gasteiger partial charge in [-0.1, -0.05) is 6.07 Å². The van der Waals surface area contributed by atoms with Crippen LogP contribution in [0.5, 0.6) is 17.4 Å². The molecule has 0 aliphatic carbocycles. The van der Waals surface area contributed by atoms with Gasteiger partial charge in [-0.3, -0.25) is 0 Å². The van der Waals surface area contributed by atoms with Crippen LogP contribution in [-0.2, 0) is 0 Å². The summed E-state index contributed by atoms with van der Waals surface area (Å²) in [5.41, 5.74) is 0. The maximum atomic E-state index is 5.54. The van der Waals surface area contributed by atoms with Crippen LogP contribution in [0.25, 0.3) is 0 Å². The van der Waals surface area contributed by atoms with Gasteiger partial charge in [0, 0.05) is 12.3 Å². The van der Waals surface area contributed by atoms with Crippen molar-refractivity contribution in [2.24, 2.45) is 0 Å². The highest BCUT2D eigenvalue weighted by molar-refractivity contribution is 14.1. The number of hydrogen-bond acceptors (Lipinski definition) is 3. The number of pyridine rings is 1. The molecule has 16 heavy (non-hydrogen) atoms. The Morgan fingerprint density at radius 2 is 1.75 bits per heavy atom. The summed E-state index contributed by atoms with van der Waals surface area (Å²) in [5.74, 6) is 2.17. The Morgan fingerprint density at radius 1 is 1.00 bits per heavy atom. The molecule has 3 nitrogen and oxygen atoms in total. The van der Waals surface area contributed by atoms with Gasteiger partial charge in [-0.2, -0.15) is 0 Å². The standard InChI is InChI=1S/C12H10INO2/c13-9-15-10-4-6-11(7-5-10)16-12-3-1-2-8-14-12/h1-8H,9H2. The van der Waals surface area contributed by atoms with Gasteiger partial charge in [0.1, 0.15) is 16.1 Å². The van der Waals surface area contributed by atoms with Crippen molar-refractivity contribution in [1.29, 1.82) is 0 Å². The second kappa shape index (κ2) is 5.69. The summed E-state index contributed by atoms with van der Waals surface area (Å²) in [6.45, 7) is 0. The SMILES string of the molecule is ICOc1ccc(Oc2ccccn2)cc1. The molecule has 2 rings (SSSR count). The van der Waals surface area contributed by atoms with E-state index in [9.17, 15) is 0 Å². The highest BCUT2D eigenvalue weighted by atomic mass is 127. The summed E-state index contributed by atoms with van der Waals surface area (Å²) < 4.78 is 11.5. The Bertz CT molecular complexity index is 431. The molecule has 2 aromatic rings. The fourth-order valence-corrected chi connectivity index (χ4v) is 1.55. The van der Waals surface area contributed by atoms with E-state index in [1.807, 2.05) is 42.5 Å². The van der Waals surface area contributed by atoms with Crippen molar-refractivity contribution in [3.63, 3.8) is 0 Å². The fraction of sp³-hybridized carbons (Fsp3) is 0.0833. The van der Waals surface area contributed by atoms with Crippen LogP contribution in [0.3, 0.4) is 0 Å². The molecule has 4 heteroatoms. The average Bonchev–Trinajstić information content (AvgIpc) is 2.33. The zero-order valence-corrected chi connectivity index (χ0v) is 10.6. The van der Waals surface area contributed by atoms with Crippen LogP contribution in [0.2, 0.25) is 0 Å². The minimum Gasteiger partial charge on any atom is -0.483 e. The van der Waals surface area contributed by atoms with E-state index in [2.05, 4.69) is 27.6 Å². The van der Waals surface area contributed by atoms with Crippen molar-refractivity contribution in [3.05, 3.63) is 48.7 Å². The normalized spacial score (nSPS) is 9.81. The predicted molar refractivity (Wildman–Crippen MR) is 70.3 cm³/mol. The molecule has 1 heterocycles. The van der Waals surface area contributed by atoms with E-state index in [0.29, 0.717) is 10.5 Å². The zero-order valence-electron chi connectivity index (χ0n) is 8.47. The minimum absolute atomic E-state index is 0.588. The molecule has 0 saturated heterocycles. The molecule has 0 aliphatic heterocycles. The van der Waals surface area contributed by atoms with Gasteiger partial charge in [0.25, 0.3) is 0 Å². The third-order valence-corrected chi connectivity index (χ3v) is 2.22. The second-order valence-corrected chi connectivity index (χ2v) is 3.62. The van der Waals surface area contributed by atoms with E-state index in [1.54, 1.807) is 6.20 Å². The molecule has 0 atom stereocenters. The Labute approximate surface area is 108 Å². The first-order valence-corrected chi connectivity index (χ1v) is 6.29. The summed E-state index contributed by atoms with van der Waals surface area (Å²) in [6, 6.07) is 13.0. The number of rotatable bonds is 4. The number of nitrogens with zero attached hydrogens (tertiary/aromatic N) is 1. The van der Waals surface area contributed by atoms with Crippen LogP contribution in [0.4, 0.5) is 0 Å². The Morgan fingerprint density at radius 3 is 2.38 bits per heavy atom. The lowest BCUT2D eigenvalue weighted by Gasteiger charge is -2.05. The van der Waals surface area contributed by atoms with Crippen LogP contribution in [0.15, 0.2) is 48.7 Å². The van der Waals surface area contributed by atoms with E-state index in [-0.39, 0.29) is 0 Å². The molecular formula is C12H10INO2. The summed E-state index contributed by atoms with van der Waals surface area (Å²) >= 11 is 2.15. The van der Waals surface area contributed by atoms with E-state index in [1.165, 1.54) is 0 Å². The predicted octanol–water partition coefficient (Wildman–Crippen LogP) is 3.65. The van der Waals surface area contributed by atoms with Gasteiger partial charge in [-0.15, -0.1) is 0 Å². The van der Waals surface area contributed by atoms with Crippen molar-refractivity contribution >= 4 is 22.6 Å². The van der Waals surface area contributed by atoms with E-state index in [4.69, 9.17) is 9.47 Å². The molecule has 0 amide bonds. The largest absolute Gasteiger partial charge is 0.483 e.